The maximum Gasteiger partial charge on any atom is 0.256 e. The number of pyridine rings is 2. The van der Waals surface area contributed by atoms with Gasteiger partial charge in [-0.05, 0) is 42.5 Å². The SMILES string of the molecule is O=C(c1cccnc1-c1ccncc1)N1CCC(O)(C(=O)c2ccc(F)c(F)c2)CC1. The van der Waals surface area contributed by atoms with Gasteiger partial charge in [-0.2, -0.15) is 0 Å². The van der Waals surface area contributed by atoms with E-state index in [1.807, 2.05) is 0 Å². The van der Waals surface area contributed by atoms with E-state index in [0.717, 1.165) is 23.8 Å². The first kappa shape index (κ1) is 20.7. The second-order valence-corrected chi connectivity index (χ2v) is 7.42. The summed E-state index contributed by atoms with van der Waals surface area (Å²) in [5, 5.41) is 10.8. The Labute approximate surface area is 177 Å². The lowest BCUT2D eigenvalue weighted by Gasteiger charge is -2.37. The van der Waals surface area contributed by atoms with Crippen molar-refractivity contribution in [1.82, 2.24) is 14.9 Å². The third-order valence-electron chi connectivity index (χ3n) is 5.47. The van der Waals surface area contributed by atoms with Crippen molar-refractivity contribution in [3.63, 3.8) is 0 Å². The monoisotopic (exact) mass is 423 g/mol. The normalized spacial score (nSPS) is 15.5. The topological polar surface area (TPSA) is 83.4 Å². The van der Waals surface area contributed by atoms with Crippen LogP contribution in [0.25, 0.3) is 11.3 Å². The standard InChI is InChI=1S/C23H19F2N3O3/c24-18-4-3-16(14-19(18)25)21(29)23(31)7-12-28(13-8-23)22(30)17-2-1-9-27-20(17)15-5-10-26-11-6-15/h1-6,9-11,14,31H,7-8,12-13H2. The Morgan fingerprint density at radius 1 is 0.968 bits per heavy atom. The molecule has 3 heterocycles. The molecule has 6 nitrogen and oxygen atoms in total. The lowest BCUT2D eigenvalue weighted by molar-refractivity contribution is -0.00421. The predicted octanol–water partition coefficient (Wildman–Crippen LogP) is 3.27. The summed E-state index contributed by atoms with van der Waals surface area (Å²) in [5.74, 6) is -3.16. The van der Waals surface area contributed by atoms with Crippen LogP contribution in [0.2, 0.25) is 0 Å². The number of Topliss-reactive ketones (excluding diaryl/α,β-unsaturated/α-hetero) is 1. The van der Waals surface area contributed by atoms with Gasteiger partial charge in [0.25, 0.3) is 5.91 Å². The van der Waals surface area contributed by atoms with Crippen LogP contribution in [0.3, 0.4) is 0 Å². The maximum absolute atomic E-state index is 13.5. The Morgan fingerprint density at radius 2 is 1.68 bits per heavy atom. The van der Waals surface area contributed by atoms with E-state index in [9.17, 15) is 23.5 Å². The molecule has 1 aliphatic heterocycles. The molecule has 1 fully saturated rings. The second kappa shape index (κ2) is 8.31. The van der Waals surface area contributed by atoms with Crippen LogP contribution in [0.15, 0.2) is 61.1 Å². The van der Waals surface area contributed by atoms with E-state index in [0.29, 0.717) is 11.3 Å². The lowest BCUT2D eigenvalue weighted by atomic mass is 9.84. The van der Waals surface area contributed by atoms with Gasteiger partial charge in [-0.3, -0.25) is 19.6 Å². The van der Waals surface area contributed by atoms with E-state index in [-0.39, 0.29) is 37.4 Å². The second-order valence-electron chi connectivity index (χ2n) is 7.42. The fourth-order valence-corrected chi connectivity index (χ4v) is 3.70. The highest BCUT2D eigenvalue weighted by Crippen LogP contribution is 2.29. The van der Waals surface area contributed by atoms with Gasteiger partial charge in [0.05, 0.1) is 11.3 Å². The minimum absolute atomic E-state index is 0.0125. The van der Waals surface area contributed by atoms with Gasteiger partial charge in [0, 0.05) is 55.6 Å². The predicted molar refractivity (Wildman–Crippen MR) is 108 cm³/mol. The summed E-state index contributed by atoms with van der Waals surface area (Å²) in [7, 11) is 0. The number of carbonyl (C=O) groups is 2. The Bertz CT molecular complexity index is 1130. The Hall–Kier alpha value is -3.52. The van der Waals surface area contributed by atoms with E-state index in [2.05, 4.69) is 9.97 Å². The molecular formula is C23H19F2N3O3. The molecule has 3 aromatic rings. The summed E-state index contributed by atoms with van der Waals surface area (Å²) >= 11 is 0. The van der Waals surface area contributed by atoms with Crippen molar-refractivity contribution < 1.29 is 23.5 Å². The number of likely N-dealkylation sites (tertiary alicyclic amines) is 1. The minimum Gasteiger partial charge on any atom is -0.382 e. The molecule has 1 saturated heterocycles. The van der Waals surface area contributed by atoms with Crippen LogP contribution >= 0.6 is 0 Å². The van der Waals surface area contributed by atoms with E-state index in [1.54, 1.807) is 47.8 Å². The molecule has 0 spiro atoms. The van der Waals surface area contributed by atoms with E-state index >= 15 is 0 Å². The lowest BCUT2D eigenvalue weighted by Crippen LogP contribution is -2.51. The average molecular weight is 423 g/mol. The van der Waals surface area contributed by atoms with Crippen LogP contribution in [0, 0.1) is 11.6 Å². The number of nitrogens with zero attached hydrogens (tertiary/aromatic N) is 3. The fourth-order valence-electron chi connectivity index (χ4n) is 3.70. The van der Waals surface area contributed by atoms with Crippen molar-refractivity contribution in [3.05, 3.63) is 83.8 Å². The summed E-state index contributed by atoms with van der Waals surface area (Å²) in [5.41, 5.74) is -0.168. The zero-order valence-corrected chi connectivity index (χ0v) is 16.5. The number of aliphatic hydroxyl groups is 1. The number of aromatic nitrogens is 2. The van der Waals surface area contributed by atoms with Crippen LogP contribution in [0.5, 0.6) is 0 Å². The van der Waals surface area contributed by atoms with Crippen LogP contribution in [0.4, 0.5) is 8.78 Å². The molecule has 0 aliphatic carbocycles. The van der Waals surface area contributed by atoms with Crippen molar-refractivity contribution >= 4 is 11.7 Å². The summed E-state index contributed by atoms with van der Waals surface area (Å²) in [6, 6.07) is 9.65. The highest BCUT2D eigenvalue weighted by Gasteiger charge is 2.41. The van der Waals surface area contributed by atoms with Crippen molar-refractivity contribution in [3.8, 4) is 11.3 Å². The number of hydrogen-bond donors (Lipinski definition) is 1. The summed E-state index contributed by atoms with van der Waals surface area (Å²) in [4.78, 5) is 35.7. The number of rotatable bonds is 4. The highest BCUT2D eigenvalue weighted by molar-refractivity contribution is 6.03. The van der Waals surface area contributed by atoms with Gasteiger partial charge in [-0.1, -0.05) is 0 Å². The minimum atomic E-state index is -1.75. The third kappa shape index (κ3) is 4.06. The van der Waals surface area contributed by atoms with Crippen LogP contribution in [-0.2, 0) is 0 Å². The van der Waals surface area contributed by atoms with Crippen molar-refractivity contribution in [1.29, 1.82) is 0 Å². The Morgan fingerprint density at radius 3 is 2.35 bits per heavy atom. The van der Waals surface area contributed by atoms with E-state index in [4.69, 9.17) is 0 Å². The highest BCUT2D eigenvalue weighted by atomic mass is 19.2. The van der Waals surface area contributed by atoms with Gasteiger partial charge in [0.1, 0.15) is 5.60 Å². The Balaban J connectivity index is 1.51. The van der Waals surface area contributed by atoms with Gasteiger partial charge in [-0.15, -0.1) is 0 Å². The first-order chi connectivity index (χ1) is 14.9. The van der Waals surface area contributed by atoms with Crippen molar-refractivity contribution in [2.75, 3.05) is 13.1 Å². The molecule has 1 aliphatic rings. The van der Waals surface area contributed by atoms with Crippen molar-refractivity contribution in [2.45, 2.75) is 18.4 Å². The first-order valence-corrected chi connectivity index (χ1v) is 9.76. The Kier molecular flexibility index (Phi) is 5.56. The van der Waals surface area contributed by atoms with Gasteiger partial charge in [0.15, 0.2) is 17.4 Å². The smallest absolute Gasteiger partial charge is 0.256 e. The molecule has 1 aromatic carbocycles. The number of amides is 1. The summed E-state index contributed by atoms with van der Waals surface area (Å²) in [6.07, 6.45) is 4.80. The first-order valence-electron chi connectivity index (χ1n) is 9.76. The molecule has 4 rings (SSSR count). The molecule has 1 N–H and O–H groups in total. The molecule has 0 unspecified atom stereocenters. The average Bonchev–Trinajstić information content (AvgIpc) is 2.81. The van der Waals surface area contributed by atoms with Crippen molar-refractivity contribution in [2.24, 2.45) is 0 Å². The number of halogens is 2. The van der Waals surface area contributed by atoms with Crippen LogP contribution < -0.4 is 0 Å². The molecule has 31 heavy (non-hydrogen) atoms. The maximum atomic E-state index is 13.5. The molecule has 0 radical (unpaired) electrons. The summed E-state index contributed by atoms with van der Waals surface area (Å²) in [6.45, 7) is 0.269. The molecule has 158 valence electrons. The van der Waals surface area contributed by atoms with Crippen LogP contribution in [-0.4, -0.2) is 50.4 Å². The third-order valence-corrected chi connectivity index (χ3v) is 5.47. The van der Waals surface area contributed by atoms with Gasteiger partial charge in [-0.25, -0.2) is 8.78 Å². The van der Waals surface area contributed by atoms with Gasteiger partial charge >= 0.3 is 0 Å². The molecule has 2 aromatic heterocycles. The molecule has 0 atom stereocenters. The molecule has 0 saturated carbocycles. The van der Waals surface area contributed by atoms with E-state index < -0.39 is 23.0 Å². The molecule has 8 heteroatoms. The van der Waals surface area contributed by atoms with Gasteiger partial charge in [0.2, 0.25) is 0 Å². The summed E-state index contributed by atoms with van der Waals surface area (Å²) < 4.78 is 26.6. The number of piperidine rings is 1. The number of benzene rings is 1. The quantitative estimate of drug-likeness (QED) is 0.652. The number of hydrogen-bond acceptors (Lipinski definition) is 5. The zero-order chi connectivity index (χ0) is 22.0. The fraction of sp³-hybridized carbons (Fsp3) is 0.217. The number of ketones is 1. The largest absolute Gasteiger partial charge is 0.382 e. The number of carbonyl (C=O) groups excluding carboxylic acids is 2. The molecular weight excluding hydrogens is 404 g/mol. The van der Waals surface area contributed by atoms with E-state index in [1.165, 1.54) is 0 Å². The molecule has 1 amide bonds. The molecule has 0 bridgehead atoms. The zero-order valence-electron chi connectivity index (χ0n) is 16.5. The van der Waals surface area contributed by atoms with Gasteiger partial charge < -0.3 is 10.0 Å². The van der Waals surface area contributed by atoms with Crippen LogP contribution in [0.1, 0.15) is 33.6 Å².